The molecule has 2 atom stereocenters. The molecule has 0 radical (unpaired) electrons. The van der Waals surface area contributed by atoms with Gasteiger partial charge in [-0.2, -0.15) is 0 Å². The van der Waals surface area contributed by atoms with Gasteiger partial charge in [-0.05, 0) is 36.4 Å². The first-order chi connectivity index (χ1) is 8.60. The summed E-state index contributed by atoms with van der Waals surface area (Å²) in [5.41, 5.74) is 1.64. The van der Waals surface area contributed by atoms with Crippen LogP contribution in [0.15, 0.2) is 24.3 Å². The van der Waals surface area contributed by atoms with Crippen LogP contribution in [-0.4, -0.2) is 13.1 Å². The summed E-state index contributed by atoms with van der Waals surface area (Å²) in [4.78, 5) is 0. The van der Waals surface area contributed by atoms with Crippen molar-refractivity contribution in [2.75, 3.05) is 13.1 Å². The minimum absolute atomic E-state index is 0.294. The van der Waals surface area contributed by atoms with Crippen molar-refractivity contribution in [3.8, 4) is 0 Å². The third-order valence-electron chi connectivity index (χ3n) is 4.13. The summed E-state index contributed by atoms with van der Waals surface area (Å²) in [6, 6.07) is 8.35. The Bertz CT molecular complexity index is 402. The molecule has 1 N–H and O–H groups in total. The van der Waals surface area contributed by atoms with Gasteiger partial charge in [0.2, 0.25) is 0 Å². The summed E-state index contributed by atoms with van der Waals surface area (Å²) in [5.74, 6) is 1.49. The second kappa shape index (κ2) is 5.63. The monoisotopic (exact) mass is 265 g/mol. The second-order valence-corrected chi connectivity index (χ2v) is 6.38. The fourth-order valence-electron chi connectivity index (χ4n) is 3.01. The van der Waals surface area contributed by atoms with E-state index in [9.17, 15) is 0 Å². The van der Waals surface area contributed by atoms with Gasteiger partial charge in [-0.3, -0.25) is 0 Å². The van der Waals surface area contributed by atoms with Gasteiger partial charge in [0.25, 0.3) is 0 Å². The zero-order chi connectivity index (χ0) is 13.2. The maximum Gasteiger partial charge on any atom is 0.0444 e. The predicted octanol–water partition coefficient (Wildman–Crippen LogP) is 4.25. The largest absolute Gasteiger partial charge is 0.316 e. The van der Waals surface area contributed by atoms with Crippen molar-refractivity contribution in [2.24, 2.45) is 11.8 Å². The Morgan fingerprint density at radius 2 is 2.11 bits per heavy atom. The topological polar surface area (TPSA) is 12.0 Å². The minimum Gasteiger partial charge on any atom is -0.316 e. The highest BCUT2D eigenvalue weighted by molar-refractivity contribution is 6.31. The number of hydrogen-bond donors (Lipinski definition) is 1. The van der Waals surface area contributed by atoms with E-state index in [0.29, 0.717) is 11.3 Å². The average Bonchev–Trinajstić information content (AvgIpc) is 3.04. The molecule has 1 aliphatic carbocycles. The molecule has 1 aromatic carbocycles. The van der Waals surface area contributed by atoms with Crippen LogP contribution in [0.4, 0.5) is 0 Å². The molecular formula is C16H24ClN. The van der Waals surface area contributed by atoms with Crippen LogP contribution < -0.4 is 5.32 Å². The van der Waals surface area contributed by atoms with E-state index in [1.807, 2.05) is 12.1 Å². The first-order valence-electron chi connectivity index (χ1n) is 7.06. The molecule has 2 rings (SSSR count). The second-order valence-electron chi connectivity index (χ2n) is 5.97. The van der Waals surface area contributed by atoms with Crippen LogP contribution in [-0.2, 0) is 5.41 Å². The lowest BCUT2D eigenvalue weighted by atomic mass is 9.92. The first-order valence-corrected chi connectivity index (χ1v) is 7.43. The lowest BCUT2D eigenvalue weighted by Crippen LogP contribution is -2.31. The third-order valence-corrected chi connectivity index (χ3v) is 4.46. The molecule has 1 nitrogen and oxygen atoms in total. The Morgan fingerprint density at radius 3 is 2.67 bits per heavy atom. The molecule has 18 heavy (non-hydrogen) atoms. The van der Waals surface area contributed by atoms with Crippen LogP contribution in [0.3, 0.4) is 0 Å². The van der Waals surface area contributed by atoms with E-state index in [2.05, 4.69) is 38.2 Å². The molecule has 2 heteroatoms. The lowest BCUT2D eigenvalue weighted by molar-refractivity contribution is 0.483. The number of benzene rings is 1. The van der Waals surface area contributed by atoms with Crippen molar-refractivity contribution >= 4 is 11.6 Å². The van der Waals surface area contributed by atoms with Crippen LogP contribution >= 0.6 is 11.6 Å². The maximum absolute atomic E-state index is 6.38. The van der Waals surface area contributed by atoms with Gasteiger partial charge in [0.1, 0.15) is 0 Å². The van der Waals surface area contributed by atoms with Crippen molar-refractivity contribution in [2.45, 2.75) is 39.0 Å². The minimum atomic E-state index is 0.294. The van der Waals surface area contributed by atoms with Crippen molar-refractivity contribution in [3.05, 3.63) is 34.9 Å². The molecule has 2 unspecified atom stereocenters. The van der Waals surface area contributed by atoms with Gasteiger partial charge in [-0.25, -0.2) is 0 Å². The fraction of sp³-hybridized carbons (Fsp3) is 0.625. The van der Waals surface area contributed by atoms with Crippen LogP contribution in [0, 0.1) is 11.8 Å². The highest BCUT2D eigenvalue weighted by Crippen LogP contribution is 2.57. The maximum atomic E-state index is 6.38. The number of hydrogen-bond acceptors (Lipinski definition) is 1. The predicted molar refractivity (Wildman–Crippen MR) is 79.2 cm³/mol. The van der Waals surface area contributed by atoms with Crippen molar-refractivity contribution in [1.29, 1.82) is 0 Å². The van der Waals surface area contributed by atoms with Crippen LogP contribution in [0.1, 0.15) is 39.2 Å². The number of nitrogens with one attached hydrogen (secondary N) is 1. The normalized spacial score (nSPS) is 26.6. The standard InChI is InChI=1S/C16H24ClN/c1-4-13-9-16(13,11-18-10-12(2)3)14-7-5-6-8-15(14)17/h5-8,12-13,18H,4,9-11H2,1-3H3. The van der Waals surface area contributed by atoms with Crippen LogP contribution in [0.5, 0.6) is 0 Å². The summed E-state index contributed by atoms with van der Waals surface area (Å²) < 4.78 is 0. The Morgan fingerprint density at radius 1 is 1.39 bits per heavy atom. The van der Waals surface area contributed by atoms with Gasteiger partial charge in [-0.15, -0.1) is 0 Å². The fourth-order valence-corrected chi connectivity index (χ4v) is 3.33. The summed E-state index contributed by atoms with van der Waals surface area (Å²) >= 11 is 6.38. The van der Waals surface area contributed by atoms with Crippen molar-refractivity contribution in [3.63, 3.8) is 0 Å². The van der Waals surface area contributed by atoms with Gasteiger partial charge >= 0.3 is 0 Å². The summed E-state index contributed by atoms with van der Waals surface area (Å²) in [6.45, 7) is 8.93. The molecule has 0 bridgehead atoms. The Labute approximate surface area is 116 Å². The van der Waals surface area contributed by atoms with E-state index in [0.717, 1.165) is 24.0 Å². The first kappa shape index (κ1) is 13.9. The molecule has 100 valence electrons. The van der Waals surface area contributed by atoms with Gasteiger partial charge < -0.3 is 5.32 Å². The summed E-state index contributed by atoms with van der Waals surface area (Å²) in [6.07, 6.45) is 2.52. The van der Waals surface area contributed by atoms with Crippen molar-refractivity contribution in [1.82, 2.24) is 5.32 Å². The van der Waals surface area contributed by atoms with Gasteiger partial charge in [-0.1, -0.05) is 57.0 Å². The molecule has 0 aromatic heterocycles. The number of rotatable bonds is 6. The molecule has 0 amide bonds. The molecule has 0 aliphatic heterocycles. The number of halogens is 1. The molecule has 1 aliphatic rings. The lowest BCUT2D eigenvalue weighted by Gasteiger charge is -2.21. The zero-order valence-electron chi connectivity index (χ0n) is 11.7. The van der Waals surface area contributed by atoms with Crippen molar-refractivity contribution < 1.29 is 0 Å². The molecule has 0 saturated heterocycles. The van der Waals surface area contributed by atoms with Gasteiger partial charge in [0, 0.05) is 17.0 Å². The molecular weight excluding hydrogens is 242 g/mol. The van der Waals surface area contributed by atoms with E-state index in [1.165, 1.54) is 18.4 Å². The molecule has 1 aromatic rings. The van der Waals surface area contributed by atoms with Gasteiger partial charge in [0.15, 0.2) is 0 Å². The quantitative estimate of drug-likeness (QED) is 0.811. The third kappa shape index (κ3) is 2.73. The van der Waals surface area contributed by atoms with E-state index in [4.69, 9.17) is 11.6 Å². The zero-order valence-corrected chi connectivity index (χ0v) is 12.4. The highest BCUT2D eigenvalue weighted by Gasteiger charge is 2.54. The van der Waals surface area contributed by atoms with Crippen LogP contribution in [0.25, 0.3) is 0 Å². The van der Waals surface area contributed by atoms with E-state index in [-0.39, 0.29) is 0 Å². The van der Waals surface area contributed by atoms with E-state index >= 15 is 0 Å². The summed E-state index contributed by atoms with van der Waals surface area (Å²) in [5, 5.41) is 4.55. The Balaban J connectivity index is 2.11. The molecule has 0 spiro atoms. The summed E-state index contributed by atoms with van der Waals surface area (Å²) in [7, 11) is 0. The Kier molecular flexibility index (Phi) is 4.34. The van der Waals surface area contributed by atoms with Crippen LogP contribution in [0.2, 0.25) is 5.02 Å². The van der Waals surface area contributed by atoms with Gasteiger partial charge in [0.05, 0.1) is 0 Å². The van der Waals surface area contributed by atoms with E-state index < -0.39 is 0 Å². The molecule has 1 fully saturated rings. The SMILES string of the molecule is CCC1CC1(CNCC(C)C)c1ccccc1Cl. The van der Waals surface area contributed by atoms with E-state index in [1.54, 1.807) is 0 Å². The highest BCUT2D eigenvalue weighted by atomic mass is 35.5. The molecule has 0 heterocycles. The molecule has 1 saturated carbocycles. The average molecular weight is 266 g/mol. The Hall–Kier alpha value is -0.530. The smallest absolute Gasteiger partial charge is 0.0444 e.